The molecule has 0 atom stereocenters. The van der Waals surface area contributed by atoms with Crippen LogP contribution in [0.2, 0.25) is 0 Å². The summed E-state index contributed by atoms with van der Waals surface area (Å²) in [6, 6.07) is 2.74. The van der Waals surface area contributed by atoms with E-state index in [0.29, 0.717) is 16.2 Å². The van der Waals surface area contributed by atoms with Gasteiger partial charge in [-0.1, -0.05) is 0 Å². The van der Waals surface area contributed by atoms with Crippen molar-refractivity contribution >= 4 is 21.6 Å². The second-order valence-corrected chi connectivity index (χ2v) is 5.12. The zero-order valence-corrected chi connectivity index (χ0v) is 11.2. The summed E-state index contributed by atoms with van der Waals surface area (Å²) in [5.74, 6) is -1.05. The first-order chi connectivity index (χ1) is 8.11. The van der Waals surface area contributed by atoms with Crippen LogP contribution in [-0.4, -0.2) is 26.2 Å². The van der Waals surface area contributed by atoms with Gasteiger partial charge in [0.1, 0.15) is 5.82 Å². The van der Waals surface area contributed by atoms with Crippen LogP contribution < -0.4 is 10.2 Å². The largest absolute Gasteiger partial charge is 0.368 e. The van der Waals surface area contributed by atoms with Crippen molar-refractivity contribution in [2.45, 2.75) is 18.9 Å². The minimum absolute atomic E-state index is 0.473. The van der Waals surface area contributed by atoms with Crippen molar-refractivity contribution in [3.05, 3.63) is 28.2 Å². The molecule has 1 aliphatic heterocycles. The predicted octanol–water partition coefficient (Wildman–Crippen LogP) is 2.92. The molecule has 1 aromatic carbocycles. The maximum absolute atomic E-state index is 13.7. The second-order valence-electron chi connectivity index (χ2n) is 4.27. The number of nitrogens with one attached hydrogen (secondary N) is 1. The fourth-order valence-corrected chi connectivity index (χ4v) is 2.89. The van der Waals surface area contributed by atoms with Crippen molar-refractivity contribution in [2.75, 3.05) is 25.0 Å². The highest BCUT2D eigenvalue weighted by atomic mass is 79.9. The van der Waals surface area contributed by atoms with Gasteiger partial charge in [0.25, 0.3) is 0 Å². The number of hydrogen-bond donors (Lipinski definition) is 1. The third kappa shape index (κ3) is 2.77. The van der Waals surface area contributed by atoms with Gasteiger partial charge in [-0.2, -0.15) is 0 Å². The molecule has 1 N–H and O–H groups in total. The van der Waals surface area contributed by atoms with Gasteiger partial charge in [0.05, 0.1) is 5.69 Å². The fraction of sp³-hybridized carbons (Fsp3) is 0.500. The Morgan fingerprint density at radius 1 is 1.29 bits per heavy atom. The van der Waals surface area contributed by atoms with E-state index in [-0.39, 0.29) is 0 Å². The highest BCUT2D eigenvalue weighted by Crippen LogP contribution is 2.32. The summed E-state index contributed by atoms with van der Waals surface area (Å²) >= 11 is 3.23. The molecular formula is C12H15BrF2N2. The molecule has 17 heavy (non-hydrogen) atoms. The minimum atomic E-state index is -0.553. The van der Waals surface area contributed by atoms with Gasteiger partial charge in [-0.15, -0.1) is 0 Å². The molecule has 1 saturated heterocycles. The predicted molar refractivity (Wildman–Crippen MR) is 68.4 cm³/mol. The van der Waals surface area contributed by atoms with Gasteiger partial charge in [-0.25, -0.2) is 8.78 Å². The highest BCUT2D eigenvalue weighted by Gasteiger charge is 2.22. The van der Waals surface area contributed by atoms with E-state index in [9.17, 15) is 8.78 Å². The average molecular weight is 305 g/mol. The van der Waals surface area contributed by atoms with Crippen LogP contribution >= 0.6 is 15.9 Å². The molecule has 0 aromatic heterocycles. The lowest BCUT2D eigenvalue weighted by atomic mass is 10.0. The molecule has 2 rings (SSSR count). The first kappa shape index (κ1) is 12.8. The molecular weight excluding hydrogens is 290 g/mol. The number of benzene rings is 1. The summed E-state index contributed by atoms with van der Waals surface area (Å²) in [7, 11) is 1.94. The van der Waals surface area contributed by atoms with E-state index in [1.807, 2.05) is 11.9 Å². The third-order valence-electron chi connectivity index (χ3n) is 3.20. The highest BCUT2D eigenvalue weighted by molar-refractivity contribution is 9.10. The number of halogens is 3. The van der Waals surface area contributed by atoms with Crippen molar-refractivity contribution in [3.63, 3.8) is 0 Å². The maximum atomic E-state index is 13.7. The second kappa shape index (κ2) is 5.31. The lowest BCUT2D eigenvalue weighted by Gasteiger charge is -2.34. The van der Waals surface area contributed by atoms with E-state index < -0.39 is 11.6 Å². The molecule has 0 aliphatic carbocycles. The number of rotatable bonds is 2. The molecule has 0 unspecified atom stereocenters. The van der Waals surface area contributed by atoms with Crippen LogP contribution in [0.15, 0.2) is 16.6 Å². The first-order valence-corrected chi connectivity index (χ1v) is 6.48. The number of anilines is 1. The zero-order chi connectivity index (χ0) is 12.4. The van der Waals surface area contributed by atoms with Crippen LogP contribution in [0.1, 0.15) is 12.8 Å². The minimum Gasteiger partial charge on any atom is -0.368 e. The van der Waals surface area contributed by atoms with Crippen LogP contribution in [0.25, 0.3) is 0 Å². The van der Waals surface area contributed by atoms with Crippen LogP contribution in [0, 0.1) is 11.6 Å². The topological polar surface area (TPSA) is 15.3 Å². The molecule has 0 bridgehead atoms. The Hall–Kier alpha value is -0.680. The quantitative estimate of drug-likeness (QED) is 0.904. The van der Waals surface area contributed by atoms with E-state index >= 15 is 0 Å². The Bertz CT molecular complexity index is 380. The van der Waals surface area contributed by atoms with E-state index in [0.717, 1.165) is 32.0 Å². The molecule has 5 heteroatoms. The molecule has 2 nitrogen and oxygen atoms in total. The third-order valence-corrected chi connectivity index (χ3v) is 3.81. The Labute approximate surface area is 108 Å². The van der Waals surface area contributed by atoms with E-state index in [1.165, 1.54) is 6.07 Å². The van der Waals surface area contributed by atoms with Crippen molar-refractivity contribution in [3.8, 4) is 0 Å². The van der Waals surface area contributed by atoms with E-state index in [4.69, 9.17) is 0 Å². The summed E-state index contributed by atoms with van der Waals surface area (Å²) in [5.41, 5.74) is 0.473. The Kier molecular flexibility index (Phi) is 3.99. The normalized spacial score (nSPS) is 17.5. The van der Waals surface area contributed by atoms with Gasteiger partial charge >= 0.3 is 0 Å². The molecule has 1 aromatic rings. The van der Waals surface area contributed by atoms with Crippen LogP contribution in [0.3, 0.4) is 0 Å². The van der Waals surface area contributed by atoms with Gasteiger partial charge < -0.3 is 10.2 Å². The van der Waals surface area contributed by atoms with Crippen molar-refractivity contribution in [1.82, 2.24) is 5.32 Å². The zero-order valence-electron chi connectivity index (χ0n) is 9.64. The summed E-state index contributed by atoms with van der Waals surface area (Å²) in [6.07, 6.45) is 1.94. The van der Waals surface area contributed by atoms with Crippen molar-refractivity contribution < 1.29 is 8.78 Å². The molecule has 0 spiro atoms. The molecule has 1 heterocycles. The number of piperidine rings is 1. The lowest BCUT2D eigenvalue weighted by molar-refractivity contribution is 0.438. The van der Waals surface area contributed by atoms with Crippen LogP contribution in [0.5, 0.6) is 0 Å². The summed E-state index contributed by atoms with van der Waals surface area (Å²) < 4.78 is 27.2. The van der Waals surface area contributed by atoms with E-state index in [1.54, 1.807) is 0 Å². The molecule has 0 amide bonds. The Morgan fingerprint density at radius 2 is 1.94 bits per heavy atom. The summed E-state index contributed by atoms with van der Waals surface area (Å²) in [4.78, 5) is 1.96. The number of hydrogen-bond acceptors (Lipinski definition) is 2. The van der Waals surface area contributed by atoms with Crippen LogP contribution in [-0.2, 0) is 0 Å². The van der Waals surface area contributed by atoms with Crippen LogP contribution in [0.4, 0.5) is 14.5 Å². The Morgan fingerprint density at radius 3 is 2.47 bits per heavy atom. The van der Waals surface area contributed by atoms with Gasteiger partial charge in [-0.05, 0) is 41.9 Å². The van der Waals surface area contributed by atoms with Crippen molar-refractivity contribution in [1.29, 1.82) is 0 Å². The fourth-order valence-electron chi connectivity index (χ4n) is 2.23. The summed E-state index contributed by atoms with van der Waals surface area (Å²) in [5, 5.41) is 3.22. The van der Waals surface area contributed by atoms with Crippen molar-refractivity contribution in [2.24, 2.45) is 0 Å². The standard InChI is InChI=1S/C12H15BrF2N2/c1-16-9-2-4-17(5-3-9)12-10(13)6-8(14)7-11(12)15/h6-7,9,16H,2-5H2,1H3. The van der Waals surface area contributed by atoms with Gasteiger partial charge in [0, 0.05) is 29.7 Å². The first-order valence-electron chi connectivity index (χ1n) is 5.68. The van der Waals surface area contributed by atoms with E-state index in [2.05, 4.69) is 21.2 Å². The van der Waals surface area contributed by atoms with Gasteiger partial charge in [-0.3, -0.25) is 0 Å². The molecule has 1 aliphatic rings. The SMILES string of the molecule is CNC1CCN(c2c(F)cc(F)cc2Br)CC1. The Balaban J connectivity index is 2.18. The molecule has 1 fully saturated rings. The molecule has 0 saturated carbocycles. The monoisotopic (exact) mass is 304 g/mol. The lowest BCUT2D eigenvalue weighted by Crippen LogP contribution is -2.41. The maximum Gasteiger partial charge on any atom is 0.150 e. The summed E-state index contributed by atoms with van der Waals surface area (Å²) in [6.45, 7) is 1.57. The number of nitrogens with zero attached hydrogens (tertiary/aromatic N) is 1. The van der Waals surface area contributed by atoms with Gasteiger partial charge in [0.15, 0.2) is 5.82 Å². The van der Waals surface area contributed by atoms with Gasteiger partial charge in [0.2, 0.25) is 0 Å². The molecule has 94 valence electrons. The smallest absolute Gasteiger partial charge is 0.150 e. The average Bonchev–Trinajstić information content (AvgIpc) is 2.28. The molecule has 0 radical (unpaired) electrons.